The van der Waals surface area contributed by atoms with Crippen LogP contribution in [0.3, 0.4) is 0 Å². The highest BCUT2D eigenvalue weighted by Crippen LogP contribution is 2.30. The van der Waals surface area contributed by atoms with Gasteiger partial charge in [-0.25, -0.2) is 13.1 Å². The summed E-state index contributed by atoms with van der Waals surface area (Å²) < 4.78 is 36.9. The van der Waals surface area contributed by atoms with Crippen LogP contribution in [0.4, 0.5) is 5.69 Å². The molecule has 0 radical (unpaired) electrons. The van der Waals surface area contributed by atoms with Crippen molar-refractivity contribution in [1.82, 2.24) is 4.72 Å². The summed E-state index contributed by atoms with van der Waals surface area (Å²) in [6, 6.07) is 12.3. The number of carbonyl (C=O) groups is 1. The smallest absolute Gasteiger partial charge is 0.239 e. The van der Waals surface area contributed by atoms with Gasteiger partial charge in [-0.1, -0.05) is 29.8 Å². The number of benzene rings is 2. The SMILES string of the molecule is CCOc1ccc(NC(=O)CNS(=O)(=O)/C=C/c2ccc(C)cc2)cc1OC. The zero-order valence-corrected chi connectivity index (χ0v) is 16.9. The Kier molecular flexibility index (Phi) is 7.60. The van der Waals surface area contributed by atoms with Crippen LogP contribution in [0.25, 0.3) is 6.08 Å². The molecule has 8 heteroatoms. The molecule has 0 fully saturated rings. The summed E-state index contributed by atoms with van der Waals surface area (Å²) in [5.41, 5.74) is 2.31. The summed E-state index contributed by atoms with van der Waals surface area (Å²) in [6.07, 6.45) is 1.47. The van der Waals surface area contributed by atoms with E-state index in [-0.39, 0.29) is 0 Å². The molecule has 2 N–H and O–H groups in total. The molecule has 0 aliphatic rings. The molecule has 0 bridgehead atoms. The van der Waals surface area contributed by atoms with Crippen LogP contribution in [0.5, 0.6) is 11.5 Å². The van der Waals surface area contributed by atoms with Gasteiger partial charge >= 0.3 is 0 Å². The Labute approximate surface area is 165 Å². The van der Waals surface area contributed by atoms with Crippen molar-refractivity contribution in [1.29, 1.82) is 0 Å². The summed E-state index contributed by atoms with van der Waals surface area (Å²) >= 11 is 0. The zero-order chi connectivity index (χ0) is 20.6. The molecule has 2 aromatic carbocycles. The van der Waals surface area contributed by atoms with Gasteiger partial charge in [-0.3, -0.25) is 4.79 Å². The lowest BCUT2D eigenvalue weighted by Crippen LogP contribution is -2.31. The third kappa shape index (κ3) is 6.71. The van der Waals surface area contributed by atoms with Gasteiger partial charge in [-0.2, -0.15) is 0 Å². The molecule has 1 amide bonds. The van der Waals surface area contributed by atoms with Crippen molar-refractivity contribution in [2.75, 3.05) is 25.6 Å². The first-order valence-corrected chi connectivity index (χ1v) is 10.2. The number of anilines is 1. The molecule has 7 nitrogen and oxygen atoms in total. The van der Waals surface area contributed by atoms with Crippen LogP contribution in [-0.2, 0) is 14.8 Å². The predicted octanol–water partition coefficient (Wildman–Crippen LogP) is 2.93. The number of amides is 1. The van der Waals surface area contributed by atoms with Crippen LogP contribution in [-0.4, -0.2) is 34.6 Å². The first-order valence-electron chi connectivity index (χ1n) is 8.68. The second-order valence-electron chi connectivity index (χ2n) is 5.93. The second-order valence-corrected chi connectivity index (χ2v) is 7.58. The van der Waals surface area contributed by atoms with E-state index in [9.17, 15) is 13.2 Å². The Morgan fingerprint density at radius 2 is 1.82 bits per heavy atom. The maximum atomic E-state index is 12.0. The van der Waals surface area contributed by atoms with Gasteiger partial charge in [0.25, 0.3) is 0 Å². The molecule has 2 aromatic rings. The quantitative estimate of drug-likeness (QED) is 0.670. The maximum Gasteiger partial charge on any atom is 0.239 e. The van der Waals surface area contributed by atoms with Gasteiger partial charge in [0.1, 0.15) is 0 Å². The van der Waals surface area contributed by atoms with Crippen molar-refractivity contribution in [2.45, 2.75) is 13.8 Å². The highest BCUT2D eigenvalue weighted by Gasteiger charge is 2.11. The molecule has 0 unspecified atom stereocenters. The van der Waals surface area contributed by atoms with Gasteiger partial charge in [0, 0.05) is 17.2 Å². The zero-order valence-electron chi connectivity index (χ0n) is 16.1. The summed E-state index contributed by atoms with van der Waals surface area (Å²) in [5.74, 6) is 0.532. The number of hydrogen-bond donors (Lipinski definition) is 2. The van der Waals surface area contributed by atoms with E-state index in [0.717, 1.165) is 16.5 Å². The fraction of sp³-hybridized carbons (Fsp3) is 0.250. The Balaban J connectivity index is 1.93. The lowest BCUT2D eigenvalue weighted by Gasteiger charge is -2.11. The summed E-state index contributed by atoms with van der Waals surface area (Å²) in [4.78, 5) is 12.0. The van der Waals surface area contributed by atoms with Gasteiger partial charge in [-0.05, 0) is 37.6 Å². The average molecular weight is 404 g/mol. The van der Waals surface area contributed by atoms with Crippen molar-refractivity contribution < 1.29 is 22.7 Å². The van der Waals surface area contributed by atoms with Crippen LogP contribution in [0.15, 0.2) is 47.9 Å². The topological polar surface area (TPSA) is 93.7 Å². The number of methoxy groups -OCH3 is 1. The lowest BCUT2D eigenvalue weighted by atomic mass is 10.2. The number of nitrogens with one attached hydrogen (secondary N) is 2. The number of rotatable bonds is 9. The van der Waals surface area contributed by atoms with E-state index in [4.69, 9.17) is 9.47 Å². The fourth-order valence-electron chi connectivity index (χ4n) is 2.29. The minimum Gasteiger partial charge on any atom is -0.493 e. The van der Waals surface area contributed by atoms with E-state index in [0.29, 0.717) is 23.8 Å². The molecule has 0 aromatic heterocycles. The molecule has 28 heavy (non-hydrogen) atoms. The Morgan fingerprint density at radius 3 is 2.46 bits per heavy atom. The van der Waals surface area contributed by atoms with E-state index in [1.165, 1.54) is 13.2 Å². The molecule has 0 atom stereocenters. The molecule has 0 saturated heterocycles. The van der Waals surface area contributed by atoms with Crippen LogP contribution in [0.2, 0.25) is 0 Å². The van der Waals surface area contributed by atoms with Crippen LogP contribution in [0.1, 0.15) is 18.1 Å². The van der Waals surface area contributed by atoms with Crippen molar-refractivity contribution in [3.8, 4) is 11.5 Å². The van der Waals surface area contributed by atoms with Crippen molar-refractivity contribution in [3.63, 3.8) is 0 Å². The number of carbonyl (C=O) groups excluding carboxylic acids is 1. The minimum absolute atomic E-state index is 0.393. The van der Waals surface area contributed by atoms with E-state index < -0.39 is 22.5 Å². The number of hydrogen-bond acceptors (Lipinski definition) is 5. The third-order valence-electron chi connectivity index (χ3n) is 3.70. The summed E-state index contributed by atoms with van der Waals surface area (Å²) in [6.45, 7) is 3.90. The largest absolute Gasteiger partial charge is 0.493 e. The van der Waals surface area contributed by atoms with Gasteiger partial charge in [0.15, 0.2) is 11.5 Å². The summed E-state index contributed by atoms with van der Waals surface area (Å²) in [7, 11) is -2.24. The number of aryl methyl sites for hydroxylation is 1. The van der Waals surface area contributed by atoms with Crippen molar-refractivity contribution >= 4 is 27.7 Å². The van der Waals surface area contributed by atoms with E-state index in [1.807, 2.05) is 38.1 Å². The number of sulfonamides is 1. The standard InChI is InChI=1S/C20H24N2O5S/c1-4-27-18-10-9-17(13-19(18)26-3)22-20(23)14-21-28(24,25)12-11-16-7-5-15(2)6-8-16/h5-13,21H,4,14H2,1-3H3,(H,22,23)/b12-11+. The van der Waals surface area contributed by atoms with Gasteiger partial charge in [-0.15, -0.1) is 0 Å². The number of ether oxygens (including phenoxy) is 2. The van der Waals surface area contributed by atoms with Gasteiger partial charge in [0.2, 0.25) is 15.9 Å². The molecule has 0 aliphatic carbocycles. The predicted molar refractivity (Wildman–Crippen MR) is 110 cm³/mol. The highest BCUT2D eigenvalue weighted by atomic mass is 32.2. The molecule has 2 rings (SSSR count). The lowest BCUT2D eigenvalue weighted by molar-refractivity contribution is -0.115. The molecule has 0 spiro atoms. The molecular weight excluding hydrogens is 380 g/mol. The molecule has 0 heterocycles. The Bertz CT molecular complexity index is 938. The molecular formula is C20H24N2O5S. The molecule has 0 saturated carbocycles. The second kappa shape index (κ2) is 9.91. The van der Waals surface area contributed by atoms with Crippen molar-refractivity contribution in [2.24, 2.45) is 0 Å². The highest BCUT2D eigenvalue weighted by molar-refractivity contribution is 7.92. The molecule has 0 aliphatic heterocycles. The van der Waals surface area contributed by atoms with Crippen LogP contribution in [0, 0.1) is 6.92 Å². The minimum atomic E-state index is -3.74. The van der Waals surface area contributed by atoms with Gasteiger partial charge < -0.3 is 14.8 Å². The Morgan fingerprint density at radius 1 is 1.11 bits per heavy atom. The van der Waals surface area contributed by atoms with Crippen molar-refractivity contribution in [3.05, 3.63) is 59.0 Å². The van der Waals surface area contributed by atoms with Gasteiger partial charge in [0.05, 0.1) is 20.3 Å². The maximum absolute atomic E-state index is 12.0. The first-order chi connectivity index (χ1) is 13.3. The van der Waals surface area contributed by atoms with E-state index in [2.05, 4.69) is 10.0 Å². The molecule has 150 valence electrons. The fourth-order valence-corrected chi connectivity index (χ4v) is 3.05. The van der Waals surface area contributed by atoms with Crippen LogP contribution < -0.4 is 19.5 Å². The van der Waals surface area contributed by atoms with E-state index in [1.54, 1.807) is 18.2 Å². The van der Waals surface area contributed by atoms with Crippen LogP contribution >= 0.6 is 0 Å². The average Bonchev–Trinajstić information content (AvgIpc) is 2.67. The Hall–Kier alpha value is -2.84. The third-order valence-corrected chi connectivity index (χ3v) is 4.74. The first kappa shape index (κ1) is 21.5. The summed E-state index contributed by atoms with van der Waals surface area (Å²) in [5, 5.41) is 3.65. The van der Waals surface area contributed by atoms with E-state index >= 15 is 0 Å². The monoisotopic (exact) mass is 404 g/mol. The normalized spacial score (nSPS) is 11.4.